The number of benzene rings is 1. The average molecular weight is 504 g/mol. The summed E-state index contributed by atoms with van der Waals surface area (Å²) in [6, 6.07) is 16.2. The van der Waals surface area contributed by atoms with Gasteiger partial charge in [0.25, 0.3) is 0 Å². The Morgan fingerprint density at radius 3 is 2.48 bits per heavy atom. The fourth-order valence-corrected chi connectivity index (χ4v) is 3.02. The molecule has 7 heteroatoms. The quantitative estimate of drug-likeness (QED) is 0.213. The highest BCUT2D eigenvalue weighted by molar-refractivity contribution is 14.0. The van der Waals surface area contributed by atoms with Crippen molar-refractivity contribution in [3.63, 3.8) is 0 Å². The van der Waals surface area contributed by atoms with Crippen LogP contribution in [0, 0.1) is 6.92 Å². The van der Waals surface area contributed by atoms with E-state index < -0.39 is 0 Å². The number of hydrogen-bond donors (Lipinski definition) is 2. The van der Waals surface area contributed by atoms with Gasteiger partial charge in [-0.05, 0) is 49.6 Å². The number of aliphatic imine (C=N–C) groups is 1. The average Bonchev–Trinajstić information content (AvgIpc) is 3.12. The molecule has 1 aromatic carbocycles. The second-order valence-electron chi connectivity index (χ2n) is 6.62. The van der Waals surface area contributed by atoms with E-state index in [2.05, 4.69) is 51.0 Å². The number of rotatable bonds is 8. The van der Waals surface area contributed by atoms with Crippen molar-refractivity contribution in [2.75, 3.05) is 20.1 Å². The van der Waals surface area contributed by atoms with E-state index in [0.717, 1.165) is 55.4 Å². The van der Waals surface area contributed by atoms with E-state index in [1.807, 2.05) is 47.3 Å². The van der Waals surface area contributed by atoms with E-state index in [0.29, 0.717) is 0 Å². The maximum absolute atomic E-state index is 4.63. The summed E-state index contributed by atoms with van der Waals surface area (Å²) in [5, 5.41) is 11.3. The van der Waals surface area contributed by atoms with Gasteiger partial charge in [-0.1, -0.05) is 24.3 Å². The number of aromatic nitrogens is 3. The molecule has 2 N–H and O–H groups in total. The number of guanidine groups is 1. The number of nitrogens with zero attached hydrogens (tertiary/aromatic N) is 4. The maximum atomic E-state index is 4.63. The molecule has 0 bridgehead atoms. The molecular weight excluding hydrogens is 475 g/mol. The first-order valence-corrected chi connectivity index (χ1v) is 9.71. The zero-order valence-corrected chi connectivity index (χ0v) is 19.3. The van der Waals surface area contributed by atoms with Crippen LogP contribution in [0.25, 0.3) is 5.69 Å². The van der Waals surface area contributed by atoms with Crippen LogP contribution in [-0.4, -0.2) is 40.9 Å². The Labute approximate surface area is 189 Å². The molecular formula is C22H29IN6. The molecule has 0 radical (unpaired) electrons. The SMILES string of the molecule is CN=C(NCCCc1cn(-c2ccccc2)nc1C)NCCc1ccccn1.I. The Morgan fingerprint density at radius 2 is 1.76 bits per heavy atom. The highest BCUT2D eigenvalue weighted by atomic mass is 127. The van der Waals surface area contributed by atoms with Crippen LogP contribution in [0.5, 0.6) is 0 Å². The van der Waals surface area contributed by atoms with Crippen LogP contribution in [0.3, 0.4) is 0 Å². The molecule has 0 saturated heterocycles. The number of hydrogen-bond acceptors (Lipinski definition) is 3. The fourth-order valence-electron chi connectivity index (χ4n) is 3.02. The summed E-state index contributed by atoms with van der Waals surface area (Å²) in [5.41, 5.74) is 4.54. The largest absolute Gasteiger partial charge is 0.356 e. The molecule has 29 heavy (non-hydrogen) atoms. The summed E-state index contributed by atoms with van der Waals surface area (Å²) in [4.78, 5) is 8.62. The summed E-state index contributed by atoms with van der Waals surface area (Å²) in [7, 11) is 1.80. The number of para-hydroxylation sites is 1. The van der Waals surface area contributed by atoms with Gasteiger partial charge in [-0.2, -0.15) is 5.10 Å². The molecule has 3 aromatic rings. The maximum Gasteiger partial charge on any atom is 0.190 e. The number of halogens is 1. The van der Waals surface area contributed by atoms with E-state index >= 15 is 0 Å². The molecule has 0 fully saturated rings. The van der Waals surface area contributed by atoms with Crippen molar-refractivity contribution in [3.05, 3.63) is 77.9 Å². The molecule has 0 aliphatic rings. The summed E-state index contributed by atoms with van der Waals surface area (Å²) in [5.74, 6) is 0.827. The number of nitrogens with one attached hydrogen (secondary N) is 2. The number of pyridine rings is 1. The summed E-state index contributed by atoms with van der Waals surface area (Å²) < 4.78 is 1.95. The van der Waals surface area contributed by atoms with Crippen molar-refractivity contribution in [2.24, 2.45) is 4.99 Å². The van der Waals surface area contributed by atoms with Gasteiger partial charge in [-0.3, -0.25) is 9.98 Å². The van der Waals surface area contributed by atoms with Gasteiger partial charge in [0.2, 0.25) is 0 Å². The van der Waals surface area contributed by atoms with E-state index in [1.165, 1.54) is 5.56 Å². The van der Waals surface area contributed by atoms with Crippen molar-refractivity contribution in [2.45, 2.75) is 26.2 Å². The van der Waals surface area contributed by atoms with Gasteiger partial charge in [0.05, 0.1) is 11.4 Å². The molecule has 0 aliphatic carbocycles. The topological polar surface area (TPSA) is 67.1 Å². The van der Waals surface area contributed by atoms with Crippen molar-refractivity contribution >= 4 is 29.9 Å². The zero-order valence-electron chi connectivity index (χ0n) is 17.0. The Balaban J connectivity index is 0.00000300. The summed E-state index contributed by atoms with van der Waals surface area (Å²) in [6.45, 7) is 3.74. The van der Waals surface area contributed by atoms with Crippen molar-refractivity contribution in [1.29, 1.82) is 0 Å². The smallest absolute Gasteiger partial charge is 0.190 e. The molecule has 6 nitrogen and oxygen atoms in total. The monoisotopic (exact) mass is 504 g/mol. The lowest BCUT2D eigenvalue weighted by molar-refractivity contribution is 0.734. The van der Waals surface area contributed by atoms with Gasteiger partial charge in [-0.15, -0.1) is 24.0 Å². The zero-order chi connectivity index (χ0) is 19.6. The minimum atomic E-state index is 0. The van der Waals surface area contributed by atoms with Crippen LogP contribution < -0.4 is 10.6 Å². The Kier molecular flexibility index (Phi) is 9.63. The lowest BCUT2D eigenvalue weighted by Crippen LogP contribution is -2.38. The van der Waals surface area contributed by atoms with Gasteiger partial charge in [0, 0.05) is 44.6 Å². The summed E-state index contributed by atoms with van der Waals surface area (Å²) >= 11 is 0. The predicted molar refractivity (Wildman–Crippen MR) is 129 cm³/mol. The molecule has 0 aliphatic heterocycles. The lowest BCUT2D eigenvalue weighted by atomic mass is 10.1. The van der Waals surface area contributed by atoms with Crippen molar-refractivity contribution in [3.8, 4) is 5.69 Å². The van der Waals surface area contributed by atoms with Crippen LogP contribution >= 0.6 is 24.0 Å². The molecule has 0 atom stereocenters. The Hall–Kier alpha value is -2.42. The van der Waals surface area contributed by atoms with E-state index in [-0.39, 0.29) is 24.0 Å². The normalized spacial score (nSPS) is 11.0. The van der Waals surface area contributed by atoms with Gasteiger partial charge in [0.1, 0.15) is 0 Å². The van der Waals surface area contributed by atoms with Crippen LogP contribution in [0.1, 0.15) is 23.4 Å². The Bertz CT molecular complexity index is 877. The minimum Gasteiger partial charge on any atom is -0.356 e. The first kappa shape index (κ1) is 22.9. The highest BCUT2D eigenvalue weighted by Gasteiger charge is 2.06. The molecule has 3 rings (SSSR count). The van der Waals surface area contributed by atoms with Gasteiger partial charge in [-0.25, -0.2) is 4.68 Å². The molecule has 2 heterocycles. The molecule has 154 valence electrons. The van der Waals surface area contributed by atoms with E-state index in [4.69, 9.17) is 0 Å². The molecule has 0 amide bonds. The third-order valence-corrected chi connectivity index (χ3v) is 4.56. The third-order valence-electron chi connectivity index (χ3n) is 4.56. The predicted octanol–water partition coefficient (Wildman–Crippen LogP) is 3.53. The fraction of sp³-hybridized carbons (Fsp3) is 0.318. The van der Waals surface area contributed by atoms with Gasteiger partial charge >= 0.3 is 0 Å². The molecule has 0 saturated carbocycles. The molecule has 0 spiro atoms. The molecule has 2 aromatic heterocycles. The highest BCUT2D eigenvalue weighted by Crippen LogP contribution is 2.13. The number of aryl methyl sites for hydroxylation is 2. The third kappa shape index (κ3) is 7.16. The molecule has 0 unspecified atom stereocenters. The van der Waals surface area contributed by atoms with Gasteiger partial charge in [0.15, 0.2) is 5.96 Å². The Morgan fingerprint density at radius 1 is 1.00 bits per heavy atom. The minimum absolute atomic E-state index is 0. The second-order valence-corrected chi connectivity index (χ2v) is 6.62. The van der Waals surface area contributed by atoms with Crippen LogP contribution in [0.4, 0.5) is 0 Å². The first-order valence-electron chi connectivity index (χ1n) is 9.71. The standard InChI is InChI=1S/C22H28N6.HI/c1-18-19(17-28(27-18)21-11-4-3-5-12-21)9-8-15-25-22(23-2)26-16-13-20-10-6-7-14-24-20;/h3-7,10-12,14,17H,8-9,13,15-16H2,1-2H3,(H2,23,25,26);1H. The second kappa shape index (κ2) is 12.2. The van der Waals surface area contributed by atoms with Crippen molar-refractivity contribution in [1.82, 2.24) is 25.4 Å². The van der Waals surface area contributed by atoms with Crippen molar-refractivity contribution < 1.29 is 0 Å². The van der Waals surface area contributed by atoms with E-state index in [1.54, 1.807) is 7.05 Å². The van der Waals surface area contributed by atoms with Crippen LogP contribution in [0.2, 0.25) is 0 Å². The van der Waals surface area contributed by atoms with Gasteiger partial charge < -0.3 is 10.6 Å². The first-order chi connectivity index (χ1) is 13.8. The van der Waals surface area contributed by atoms with E-state index in [9.17, 15) is 0 Å². The lowest BCUT2D eigenvalue weighted by Gasteiger charge is -2.11. The van der Waals surface area contributed by atoms with Crippen LogP contribution in [-0.2, 0) is 12.8 Å². The van der Waals surface area contributed by atoms with Crippen LogP contribution in [0.15, 0.2) is 65.9 Å². The summed E-state index contributed by atoms with van der Waals surface area (Å²) in [6.07, 6.45) is 6.83.